The van der Waals surface area contributed by atoms with E-state index >= 15 is 0 Å². The third kappa shape index (κ3) is 3.62. The van der Waals surface area contributed by atoms with Crippen LogP contribution in [0.4, 0.5) is 13.2 Å². The molecule has 0 aromatic heterocycles. The van der Waals surface area contributed by atoms with Gasteiger partial charge in [-0.1, -0.05) is 0 Å². The number of nitrogens with zero attached hydrogens (tertiary/aromatic N) is 2. The summed E-state index contributed by atoms with van der Waals surface area (Å²) < 4.78 is 36.0. The van der Waals surface area contributed by atoms with Gasteiger partial charge in [0.05, 0.1) is 5.57 Å². The summed E-state index contributed by atoms with van der Waals surface area (Å²) in [5.74, 6) is -1.95. The maximum atomic E-state index is 12.0. The molecule has 0 bridgehead atoms. The van der Waals surface area contributed by atoms with Gasteiger partial charge >= 0.3 is 6.18 Å². The molecule has 1 heterocycles. The predicted octanol–water partition coefficient (Wildman–Crippen LogP) is 2.57. The van der Waals surface area contributed by atoms with Gasteiger partial charge in [-0.15, -0.1) is 0 Å². The van der Waals surface area contributed by atoms with Crippen LogP contribution in [-0.4, -0.2) is 29.9 Å². The van der Waals surface area contributed by atoms with E-state index in [4.69, 9.17) is 5.26 Å². The van der Waals surface area contributed by atoms with Crippen LogP contribution < -0.4 is 0 Å². The van der Waals surface area contributed by atoms with Crippen LogP contribution >= 0.6 is 0 Å². The van der Waals surface area contributed by atoms with E-state index in [1.165, 1.54) is 0 Å². The van der Waals surface area contributed by atoms with Crippen LogP contribution in [0.2, 0.25) is 0 Å². The monoisotopic (exact) mass is 258 g/mol. The van der Waals surface area contributed by atoms with Crippen molar-refractivity contribution in [1.82, 2.24) is 4.90 Å². The van der Waals surface area contributed by atoms with Crippen molar-refractivity contribution in [3.63, 3.8) is 0 Å². The van der Waals surface area contributed by atoms with E-state index in [1.54, 1.807) is 6.92 Å². The highest BCUT2D eigenvalue weighted by atomic mass is 19.4. The van der Waals surface area contributed by atoms with Gasteiger partial charge in [0, 0.05) is 18.8 Å². The Hall–Kier alpha value is -1.77. The van der Waals surface area contributed by atoms with Crippen LogP contribution in [0.5, 0.6) is 0 Å². The third-order valence-electron chi connectivity index (χ3n) is 2.77. The second kappa shape index (κ2) is 5.71. The largest absolute Gasteiger partial charge is 0.454 e. The Labute approximate surface area is 103 Å². The Kier molecular flexibility index (Phi) is 4.54. The number of hydrogen-bond acceptors (Lipinski definition) is 3. The van der Waals surface area contributed by atoms with Gasteiger partial charge in [0.25, 0.3) is 5.78 Å². The molecule has 1 rings (SSSR count). The topological polar surface area (TPSA) is 44.1 Å². The molecule has 1 saturated heterocycles. The van der Waals surface area contributed by atoms with Crippen molar-refractivity contribution in [3.05, 3.63) is 23.4 Å². The van der Waals surface area contributed by atoms with Gasteiger partial charge in [0.15, 0.2) is 0 Å². The highest BCUT2D eigenvalue weighted by Gasteiger charge is 2.36. The molecule has 0 saturated carbocycles. The predicted molar refractivity (Wildman–Crippen MR) is 59.3 cm³/mol. The molecule has 1 aliphatic rings. The number of carbonyl (C=O) groups is 1. The van der Waals surface area contributed by atoms with Gasteiger partial charge in [0.2, 0.25) is 0 Å². The first kappa shape index (κ1) is 14.3. The minimum absolute atomic E-state index is 0.0921. The lowest BCUT2D eigenvalue weighted by atomic mass is 10.2. The fourth-order valence-corrected chi connectivity index (χ4v) is 1.72. The van der Waals surface area contributed by atoms with E-state index in [1.807, 2.05) is 11.0 Å². The lowest BCUT2D eigenvalue weighted by Crippen LogP contribution is -2.20. The molecular weight excluding hydrogens is 245 g/mol. The third-order valence-corrected chi connectivity index (χ3v) is 2.77. The molecule has 0 radical (unpaired) electrons. The summed E-state index contributed by atoms with van der Waals surface area (Å²) in [5, 5.41) is 8.89. The van der Waals surface area contributed by atoms with Crippen molar-refractivity contribution in [3.8, 4) is 6.07 Å². The Morgan fingerprint density at radius 3 is 2.28 bits per heavy atom. The SMILES string of the molecule is C/C(=C(C#N)\C=C\C(=O)C(F)(F)F)N1CCCC1. The number of allylic oxidation sites excluding steroid dienone is 4. The molecular formula is C12H13F3N2O. The van der Waals surface area contributed by atoms with Gasteiger partial charge in [0.1, 0.15) is 6.07 Å². The van der Waals surface area contributed by atoms with Gasteiger partial charge in [-0.3, -0.25) is 4.79 Å². The summed E-state index contributed by atoms with van der Waals surface area (Å²) in [6.07, 6.45) is -1.55. The van der Waals surface area contributed by atoms with Crippen LogP contribution in [0.1, 0.15) is 19.8 Å². The van der Waals surface area contributed by atoms with Crippen molar-refractivity contribution in [2.75, 3.05) is 13.1 Å². The quantitative estimate of drug-likeness (QED) is 0.444. The highest BCUT2D eigenvalue weighted by Crippen LogP contribution is 2.19. The van der Waals surface area contributed by atoms with E-state index in [2.05, 4.69) is 0 Å². The zero-order valence-corrected chi connectivity index (χ0v) is 9.92. The number of rotatable bonds is 3. The summed E-state index contributed by atoms with van der Waals surface area (Å²) in [6.45, 7) is 3.25. The molecule has 1 aliphatic heterocycles. The molecule has 0 atom stereocenters. The number of likely N-dealkylation sites (tertiary alicyclic amines) is 1. The number of alkyl halides is 3. The maximum Gasteiger partial charge on any atom is 0.454 e. The Morgan fingerprint density at radius 2 is 1.83 bits per heavy atom. The van der Waals surface area contributed by atoms with Crippen molar-refractivity contribution < 1.29 is 18.0 Å². The number of halogens is 3. The first-order valence-electron chi connectivity index (χ1n) is 5.51. The van der Waals surface area contributed by atoms with Gasteiger partial charge < -0.3 is 4.90 Å². The number of carbonyl (C=O) groups excluding carboxylic acids is 1. The molecule has 0 N–H and O–H groups in total. The minimum atomic E-state index is -4.89. The Bertz CT molecular complexity index is 424. The number of hydrogen-bond donors (Lipinski definition) is 0. The molecule has 0 spiro atoms. The Balaban J connectivity index is 2.85. The fraction of sp³-hybridized carbons (Fsp3) is 0.500. The molecule has 0 aromatic carbocycles. The summed E-state index contributed by atoms with van der Waals surface area (Å²) in [5.41, 5.74) is 0.704. The van der Waals surface area contributed by atoms with Crippen LogP contribution in [0, 0.1) is 11.3 Å². The minimum Gasteiger partial charge on any atom is -0.374 e. The lowest BCUT2D eigenvalue weighted by molar-refractivity contribution is -0.165. The number of nitriles is 1. The standard InChI is InChI=1S/C12H13F3N2O/c1-9(17-6-2-3-7-17)10(8-16)4-5-11(18)12(13,14)15/h4-5H,2-3,6-7H2,1H3/b5-4+,10-9-. The van der Waals surface area contributed by atoms with Gasteiger partial charge in [-0.25, -0.2) is 0 Å². The zero-order chi connectivity index (χ0) is 13.8. The van der Waals surface area contributed by atoms with Crippen LogP contribution in [0.15, 0.2) is 23.4 Å². The maximum absolute atomic E-state index is 12.0. The van der Waals surface area contributed by atoms with Crippen molar-refractivity contribution >= 4 is 5.78 Å². The second-order valence-electron chi connectivity index (χ2n) is 4.00. The highest BCUT2D eigenvalue weighted by molar-refractivity contribution is 5.94. The van der Waals surface area contributed by atoms with Crippen LogP contribution in [-0.2, 0) is 4.79 Å². The van der Waals surface area contributed by atoms with E-state index < -0.39 is 12.0 Å². The first-order chi connectivity index (χ1) is 8.36. The van der Waals surface area contributed by atoms with Crippen molar-refractivity contribution in [2.45, 2.75) is 25.9 Å². The Morgan fingerprint density at radius 1 is 1.28 bits per heavy atom. The van der Waals surface area contributed by atoms with Crippen molar-refractivity contribution in [2.24, 2.45) is 0 Å². The summed E-state index contributed by atoms with van der Waals surface area (Å²) in [6, 6.07) is 1.82. The van der Waals surface area contributed by atoms with E-state index in [0.717, 1.165) is 32.0 Å². The van der Waals surface area contributed by atoms with Gasteiger partial charge in [-0.2, -0.15) is 18.4 Å². The average molecular weight is 258 g/mol. The van der Waals surface area contributed by atoms with E-state index in [9.17, 15) is 18.0 Å². The smallest absolute Gasteiger partial charge is 0.374 e. The molecule has 3 nitrogen and oxygen atoms in total. The first-order valence-corrected chi connectivity index (χ1v) is 5.51. The summed E-state index contributed by atoms with van der Waals surface area (Å²) >= 11 is 0. The van der Waals surface area contributed by atoms with E-state index in [-0.39, 0.29) is 5.57 Å². The number of ketones is 1. The molecule has 98 valence electrons. The van der Waals surface area contributed by atoms with Crippen molar-refractivity contribution in [1.29, 1.82) is 5.26 Å². The zero-order valence-electron chi connectivity index (χ0n) is 9.92. The van der Waals surface area contributed by atoms with E-state index in [0.29, 0.717) is 11.8 Å². The fourth-order valence-electron chi connectivity index (χ4n) is 1.72. The van der Waals surface area contributed by atoms with Crippen LogP contribution in [0.3, 0.4) is 0 Å². The molecule has 18 heavy (non-hydrogen) atoms. The molecule has 1 fully saturated rings. The molecule has 0 unspecified atom stereocenters. The molecule has 0 aliphatic carbocycles. The average Bonchev–Trinajstić information content (AvgIpc) is 2.81. The second-order valence-corrected chi connectivity index (χ2v) is 4.00. The summed E-state index contributed by atoms with van der Waals surface area (Å²) in [4.78, 5) is 12.6. The molecule has 0 amide bonds. The molecule has 6 heteroatoms. The van der Waals surface area contributed by atoms with Gasteiger partial charge in [-0.05, 0) is 31.9 Å². The van der Waals surface area contributed by atoms with Crippen LogP contribution in [0.25, 0.3) is 0 Å². The normalized spacial score (nSPS) is 17.8. The molecule has 0 aromatic rings. The summed E-state index contributed by atoms with van der Waals surface area (Å²) in [7, 11) is 0. The lowest BCUT2D eigenvalue weighted by Gasteiger charge is -2.18.